The standard InChI is InChI=1S/C15H31NO5/c1-4-5-21-15-13(16-2)12-14(15)20-11-10-19-9-8-18-7-6-17-3/h13-16H,4-12H2,1-3H3. The molecule has 6 heteroatoms. The number of nitrogens with one attached hydrogen (secondary N) is 1. The Morgan fingerprint density at radius 3 is 2.19 bits per heavy atom. The van der Waals surface area contributed by atoms with E-state index < -0.39 is 0 Å². The summed E-state index contributed by atoms with van der Waals surface area (Å²) in [6.07, 6.45) is 2.40. The van der Waals surface area contributed by atoms with Crippen LogP contribution in [0.3, 0.4) is 0 Å². The topological polar surface area (TPSA) is 58.2 Å². The second-order valence-corrected chi connectivity index (χ2v) is 5.09. The molecular formula is C15H31NO5. The number of hydrogen-bond acceptors (Lipinski definition) is 6. The summed E-state index contributed by atoms with van der Waals surface area (Å²) in [7, 11) is 3.63. The second-order valence-electron chi connectivity index (χ2n) is 5.09. The lowest BCUT2D eigenvalue weighted by atomic mass is 9.85. The molecule has 0 radical (unpaired) electrons. The van der Waals surface area contributed by atoms with E-state index in [4.69, 9.17) is 23.7 Å². The van der Waals surface area contributed by atoms with Gasteiger partial charge in [-0.15, -0.1) is 0 Å². The van der Waals surface area contributed by atoms with E-state index in [-0.39, 0.29) is 12.2 Å². The quantitative estimate of drug-likeness (QED) is 0.480. The van der Waals surface area contributed by atoms with Gasteiger partial charge < -0.3 is 29.0 Å². The Morgan fingerprint density at radius 1 is 0.905 bits per heavy atom. The second kappa shape index (κ2) is 12.3. The fourth-order valence-corrected chi connectivity index (χ4v) is 2.23. The Bertz CT molecular complexity index is 242. The molecule has 0 aromatic rings. The van der Waals surface area contributed by atoms with Gasteiger partial charge in [0.25, 0.3) is 0 Å². The average Bonchev–Trinajstić information content (AvgIpc) is 2.48. The zero-order valence-electron chi connectivity index (χ0n) is 13.6. The van der Waals surface area contributed by atoms with Gasteiger partial charge in [-0.3, -0.25) is 0 Å². The van der Waals surface area contributed by atoms with Gasteiger partial charge in [-0.1, -0.05) is 6.92 Å². The number of likely N-dealkylation sites (N-methyl/N-ethyl adjacent to an activating group) is 1. The Balaban J connectivity index is 1.94. The van der Waals surface area contributed by atoms with Gasteiger partial charge in [0.1, 0.15) is 0 Å². The highest BCUT2D eigenvalue weighted by Gasteiger charge is 2.41. The number of hydrogen-bond donors (Lipinski definition) is 1. The molecule has 1 N–H and O–H groups in total. The number of methoxy groups -OCH3 is 1. The lowest BCUT2D eigenvalue weighted by Gasteiger charge is -2.43. The first-order valence-electron chi connectivity index (χ1n) is 7.88. The van der Waals surface area contributed by atoms with Crippen molar-refractivity contribution < 1.29 is 23.7 Å². The van der Waals surface area contributed by atoms with Crippen molar-refractivity contribution in [2.24, 2.45) is 0 Å². The summed E-state index contributed by atoms with van der Waals surface area (Å²) in [5.74, 6) is 0. The summed E-state index contributed by atoms with van der Waals surface area (Å²) in [6.45, 7) is 6.52. The van der Waals surface area contributed by atoms with E-state index >= 15 is 0 Å². The van der Waals surface area contributed by atoms with E-state index in [0.717, 1.165) is 19.4 Å². The van der Waals surface area contributed by atoms with Crippen molar-refractivity contribution in [1.82, 2.24) is 5.32 Å². The van der Waals surface area contributed by atoms with Crippen molar-refractivity contribution in [2.75, 3.05) is 60.4 Å². The van der Waals surface area contributed by atoms with Crippen molar-refractivity contribution in [2.45, 2.75) is 38.0 Å². The summed E-state index contributed by atoms with van der Waals surface area (Å²) in [6, 6.07) is 0.414. The number of rotatable bonds is 14. The van der Waals surface area contributed by atoms with Crippen molar-refractivity contribution in [1.29, 1.82) is 0 Å². The Hall–Kier alpha value is -0.240. The molecule has 1 saturated carbocycles. The van der Waals surface area contributed by atoms with E-state index in [1.807, 2.05) is 7.05 Å². The normalized spacial score (nSPS) is 25.0. The molecule has 0 aromatic carbocycles. The van der Waals surface area contributed by atoms with Gasteiger partial charge in [-0.2, -0.15) is 0 Å². The van der Waals surface area contributed by atoms with Crippen molar-refractivity contribution in [3.8, 4) is 0 Å². The molecule has 1 aliphatic carbocycles. The molecule has 0 saturated heterocycles. The van der Waals surface area contributed by atoms with Crippen molar-refractivity contribution >= 4 is 0 Å². The molecule has 0 spiro atoms. The maximum atomic E-state index is 5.82. The minimum atomic E-state index is 0.173. The highest BCUT2D eigenvalue weighted by molar-refractivity contribution is 4.96. The molecule has 21 heavy (non-hydrogen) atoms. The van der Waals surface area contributed by atoms with Crippen LogP contribution in [0.1, 0.15) is 19.8 Å². The zero-order valence-corrected chi connectivity index (χ0v) is 13.6. The molecule has 1 fully saturated rings. The van der Waals surface area contributed by atoms with Crippen LogP contribution in [0, 0.1) is 0 Å². The zero-order chi connectivity index (χ0) is 15.3. The van der Waals surface area contributed by atoms with Gasteiger partial charge >= 0.3 is 0 Å². The first kappa shape index (κ1) is 18.8. The third-order valence-corrected chi connectivity index (χ3v) is 3.50. The molecule has 0 bridgehead atoms. The Labute approximate surface area is 128 Å². The van der Waals surface area contributed by atoms with Gasteiger partial charge in [0, 0.05) is 19.8 Å². The predicted octanol–water partition coefficient (Wildman–Crippen LogP) is 0.838. The monoisotopic (exact) mass is 305 g/mol. The lowest BCUT2D eigenvalue weighted by Crippen LogP contribution is -2.59. The number of ether oxygens (including phenoxy) is 5. The van der Waals surface area contributed by atoms with Crippen LogP contribution in [0.4, 0.5) is 0 Å². The van der Waals surface area contributed by atoms with Crippen LogP contribution in [-0.2, 0) is 23.7 Å². The van der Waals surface area contributed by atoms with Gasteiger partial charge in [-0.25, -0.2) is 0 Å². The van der Waals surface area contributed by atoms with E-state index in [1.165, 1.54) is 0 Å². The summed E-state index contributed by atoms with van der Waals surface area (Å²) in [4.78, 5) is 0. The maximum absolute atomic E-state index is 5.82. The Kier molecular flexibility index (Phi) is 11.0. The first-order valence-corrected chi connectivity index (χ1v) is 7.88. The molecular weight excluding hydrogens is 274 g/mol. The van der Waals surface area contributed by atoms with Crippen LogP contribution < -0.4 is 5.32 Å². The fourth-order valence-electron chi connectivity index (χ4n) is 2.23. The molecule has 3 atom stereocenters. The van der Waals surface area contributed by atoms with Crippen LogP contribution in [0.15, 0.2) is 0 Å². The van der Waals surface area contributed by atoms with Gasteiger partial charge in [0.2, 0.25) is 0 Å². The molecule has 1 rings (SSSR count). The van der Waals surface area contributed by atoms with Crippen LogP contribution >= 0.6 is 0 Å². The van der Waals surface area contributed by atoms with Crippen molar-refractivity contribution in [3.05, 3.63) is 0 Å². The van der Waals surface area contributed by atoms with Crippen LogP contribution in [0.2, 0.25) is 0 Å². The lowest BCUT2D eigenvalue weighted by molar-refractivity contribution is -0.152. The summed E-state index contributed by atoms with van der Waals surface area (Å²) in [5, 5.41) is 3.26. The fraction of sp³-hybridized carbons (Fsp3) is 1.00. The minimum Gasteiger partial charge on any atom is -0.382 e. The molecule has 126 valence electrons. The summed E-state index contributed by atoms with van der Waals surface area (Å²) >= 11 is 0. The summed E-state index contributed by atoms with van der Waals surface area (Å²) in [5.41, 5.74) is 0. The molecule has 0 aromatic heterocycles. The van der Waals surface area contributed by atoms with E-state index in [2.05, 4.69) is 12.2 Å². The molecule has 0 heterocycles. The largest absolute Gasteiger partial charge is 0.382 e. The van der Waals surface area contributed by atoms with Gasteiger partial charge in [0.05, 0.1) is 51.8 Å². The maximum Gasteiger partial charge on any atom is 0.0990 e. The third-order valence-electron chi connectivity index (χ3n) is 3.50. The summed E-state index contributed by atoms with van der Waals surface area (Å²) < 4.78 is 27.3. The third kappa shape index (κ3) is 7.54. The molecule has 1 aliphatic rings. The van der Waals surface area contributed by atoms with E-state index in [9.17, 15) is 0 Å². The highest BCUT2D eigenvalue weighted by Crippen LogP contribution is 2.27. The average molecular weight is 305 g/mol. The van der Waals surface area contributed by atoms with Gasteiger partial charge in [0.15, 0.2) is 0 Å². The Morgan fingerprint density at radius 2 is 1.57 bits per heavy atom. The molecule has 6 nitrogen and oxygen atoms in total. The van der Waals surface area contributed by atoms with Crippen molar-refractivity contribution in [3.63, 3.8) is 0 Å². The first-order chi connectivity index (χ1) is 10.3. The smallest absolute Gasteiger partial charge is 0.0990 e. The van der Waals surface area contributed by atoms with Crippen LogP contribution in [0.5, 0.6) is 0 Å². The SMILES string of the molecule is CCCOC1C(NC)CC1OCCOCCOCCOC. The van der Waals surface area contributed by atoms with E-state index in [0.29, 0.717) is 45.7 Å². The van der Waals surface area contributed by atoms with Gasteiger partial charge in [-0.05, 0) is 19.9 Å². The predicted molar refractivity (Wildman–Crippen MR) is 80.7 cm³/mol. The molecule has 3 unspecified atom stereocenters. The highest BCUT2D eigenvalue weighted by atomic mass is 16.6. The molecule has 0 aliphatic heterocycles. The van der Waals surface area contributed by atoms with Crippen LogP contribution in [0.25, 0.3) is 0 Å². The minimum absolute atomic E-state index is 0.173. The van der Waals surface area contributed by atoms with Crippen LogP contribution in [-0.4, -0.2) is 78.7 Å². The van der Waals surface area contributed by atoms with E-state index in [1.54, 1.807) is 7.11 Å². The molecule has 0 amide bonds.